The van der Waals surface area contributed by atoms with Crippen LogP contribution >= 0.6 is 0 Å². The van der Waals surface area contributed by atoms with Gasteiger partial charge in [-0.3, -0.25) is 14.5 Å². The van der Waals surface area contributed by atoms with Crippen molar-refractivity contribution in [2.45, 2.75) is 69.6 Å². The molecule has 140 valence electrons. The van der Waals surface area contributed by atoms with Crippen LogP contribution in [0.15, 0.2) is 0 Å². The Bertz CT molecular complexity index is 524. The first-order valence-electron chi connectivity index (χ1n) is 10.1. The molecule has 4 saturated heterocycles. The van der Waals surface area contributed by atoms with E-state index >= 15 is 0 Å². The van der Waals surface area contributed by atoms with Crippen LogP contribution in [0, 0.1) is 0 Å². The molecule has 0 spiro atoms. The van der Waals surface area contributed by atoms with Gasteiger partial charge in [0, 0.05) is 38.1 Å². The van der Waals surface area contributed by atoms with Gasteiger partial charge in [0.25, 0.3) is 0 Å². The zero-order valence-electron chi connectivity index (χ0n) is 15.7. The molecular formula is C19H32N4O2. The van der Waals surface area contributed by atoms with Crippen molar-refractivity contribution in [2.24, 2.45) is 0 Å². The molecule has 4 rings (SSSR count). The molecule has 0 saturated carbocycles. The van der Waals surface area contributed by atoms with Gasteiger partial charge in [-0.05, 0) is 52.2 Å². The van der Waals surface area contributed by atoms with Crippen molar-refractivity contribution in [1.29, 1.82) is 0 Å². The first-order valence-corrected chi connectivity index (χ1v) is 10.1. The highest BCUT2D eigenvalue weighted by Crippen LogP contribution is 2.35. The molecule has 4 fully saturated rings. The second kappa shape index (κ2) is 6.88. The Morgan fingerprint density at radius 3 is 2.08 bits per heavy atom. The minimum absolute atomic E-state index is 0.0951. The maximum absolute atomic E-state index is 13.0. The third-order valence-electron chi connectivity index (χ3n) is 6.95. The maximum atomic E-state index is 13.0. The molecule has 6 nitrogen and oxygen atoms in total. The van der Waals surface area contributed by atoms with Gasteiger partial charge in [0.2, 0.25) is 11.8 Å². The van der Waals surface area contributed by atoms with Gasteiger partial charge in [-0.25, -0.2) is 0 Å². The first-order chi connectivity index (χ1) is 12.1. The number of hydrogen-bond donors (Lipinski definition) is 0. The SMILES string of the molecule is CCC1C(N2CCC(N3CCC3=O)CC2)C(=O)N1C1CCN(C)CC1. The van der Waals surface area contributed by atoms with Crippen LogP contribution in [0.2, 0.25) is 0 Å². The average Bonchev–Trinajstić information content (AvgIpc) is 2.61. The minimum atomic E-state index is 0.0951. The van der Waals surface area contributed by atoms with Crippen LogP contribution in [0.4, 0.5) is 0 Å². The molecule has 0 aromatic carbocycles. The molecule has 0 aromatic rings. The number of β-lactam (4-membered cyclic amide) rings is 2. The van der Waals surface area contributed by atoms with E-state index in [2.05, 4.69) is 28.7 Å². The molecule has 0 N–H and O–H groups in total. The van der Waals surface area contributed by atoms with E-state index in [1.165, 1.54) is 0 Å². The fourth-order valence-electron chi connectivity index (χ4n) is 5.29. The molecule has 0 radical (unpaired) electrons. The summed E-state index contributed by atoms with van der Waals surface area (Å²) in [4.78, 5) is 33.6. The third-order valence-corrected chi connectivity index (χ3v) is 6.95. The van der Waals surface area contributed by atoms with E-state index in [0.29, 0.717) is 29.9 Å². The van der Waals surface area contributed by atoms with Gasteiger partial charge >= 0.3 is 0 Å². The Morgan fingerprint density at radius 2 is 1.56 bits per heavy atom. The molecule has 0 bridgehead atoms. The predicted molar refractivity (Wildman–Crippen MR) is 96.2 cm³/mol. The number of likely N-dealkylation sites (tertiary alicyclic amines) is 4. The molecule has 4 aliphatic rings. The second-order valence-corrected chi connectivity index (χ2v) is 8.30. The summed E-state index contributed by atoms with van der Waals surface area (Å²) in [6, 6.07) is 1.35. The number of piperidine rings is 2. The highest BCUT2D eigenvalue weighted by molar-refractivity contribution is 5.89. The second-order valence-electron chi connectivity index (χ2n) is 8.30. The Hall–Kier alpha value is -1.14. The van der Waals surface area contributed by atoms with Crippen LogP contribution in [0.3, 0.4) is 0 Å². The number of carbonyl (C=O) groups excluding carboxylic acids is 2. The molecule has 0 aliphatic carbocycles. The number of rotatable bonds is 4. The Kier molecular flexibility index (Phi) is 4.75. The number of amides is 2. The van der Waals surface area contributed by atoms with Crippen molar-refractivity contribution >= 4 is 11.8 Å². The molecular weight excluding hydrogens is 316 g/mol. The highest BCUT2D eigenvalue weighted by atomic mass is 16.2. The molecule has 0 aromatic heterocycles. The lowest BCUT2D eigenvalue weighted by atomic mass is 9.85. The van der Waals surface area contributed by atoms with Gasteiger partial charge in [-0.2, -0.15) is 0 Å². The van der Waals surface area contributed by atoms with E-state index in [0.717, 1.165) is 71.2 Å². The van der Waals surface area contributed by atoms with Crippen molar-refractivity contribution in [3.05, 3.63) is 0 Å². The fraction of sp³-hybridized carbons (Fsp3) is 0.895. The molecule has 2 amide bonds. The van der Waals surface area contributed by atoms with E-state index in [1.54, 1.807) is 0 Å². The van der Waals surface area contributed by atoms with Crippen molar-refractivity contribution < 1.29 is 9.59 Å². The van der Waals surface area contributed by atoms with Crippen LogP contribution in [-0.2, 0) is 9.59 Å². The molecule has 25 heavy (non-hydrogen) atoms. The van der Waals surface area contributed by atoms with Crippen molar-refractivity contribution in [3.8, 4) is 0 Å². The van der Waals surface area contributed by atoms with Gasteiger partial charge < -0.3 is 14.7 Å². The normalized spacial score (nSPS) is 33.5. The van der Waals surface area contributed by atoms with E-state index in [4.69, 9.17) is 0 Å². The topological polar surface area (TPSA) is 47.1 Å². The van der Waals surface area contributed by atoms with Crippen molar-refractivity contribution in [3.63, 3.8) is 0 Å². The summed E-state index contributed by atoms with van der Waals surface area (Å²) >= 11 is 0. The lowest BCUT2D eigenvalue weighted by molar-refractivity contribution is -0.168. The molecule has 6 heteroatoms. The van der Waals surface area contributed by atoms with Crippen molar-refractivity contribution in [1.82, 2.24) is 19.6 Å². The van der Waals surface area contributed by atoms with Crippen molar-refractivity contribution in [2.75, 3.05) is 39.8 Å². The number of carbonyl (C=O) groups is 2. The predicted octanol–water partition coefficient (Wildman–Crippen LogP) is 0.767. The quantitative estimate of drug-likeness (QED) is 0.704. The summed E-state index contributed by atoms with van der Waals surface area (Å²) < 4.78 is 0. The fourth-order valence-corrected chi connectivity index (χ4v) is 5.29. The minimum Gasteiger partial charge on any atom is -0.339 e. The van der Waals surface area contributed by atoms with Crippen LogP contribution in [0.25, 0.3) is 0 Å². The van der Waals surface area contributed by atoms with E-state index in [9.17, 15) is 9.59 Å². The van der Waals surface area contributed by atoms with Crippen LogP contribution in [0.5, 0.6) is 0 Å². The van der Waals surface area contributed by atoms with Gasteiger partial charge in [0.15, 0.2) is 0 Å². The van der Waals surface area contributed by atoms with E-state index < -0.39 is 0 Å². The summed E-state index contributed by atoms with van der Waals surface area (Å²) in [5, 5.41) is 0. The lowest BCUT2D eigenvalue weighted by Gasteiger charge is -2.57. The third kappa shape index (κ3) is 2.97. The van der Waals surface area contributed by atoms with E-state index in [1.807, 2.05) is 4.90 Å². The average molecular weight is 348 g/mol. The molecule has 4 aliphatic heterocycles. The summed E-state index contributed by atoms with van der Waals surface area (Å²) in [5.41, 5.74) is 0. The zero-order chi connectivity index (χ0) is 17.6. The first kappa shape index (κ1) is 17.3. The van der Waals surface area contributed by atoms with Gasteiger partial charge in [-0.1, -0.05) is 6.92 Å². The Balaban J connectivity index is 1.34. The largest absolute Gasteiger partial charge is 0.339 e. The summed E-state index contributed by atoms with van der Waals surface area (Å²) in [7, 11) is 2.17. The number of hydrogen-bond acceptors (Lipinski definition) is 4. The van der Waals surface area contributed by atoms with E-state index in [-0.39, 0.29) is 6.04 Å². The standard InChI is InChI=1S/C19H32N4O2/c1-3-16-18(19(25)23(16)15-4-9-20(2)10-5-15)21-11-6-14(7-12-21)22-13-8-17(22)24/h14-16,18H,3-13H2,1-2H3. The van der Waals surface area contributed by atoms with Gasteiger partial charge in [0.1, 0.15) is 6.04 Å². The summed E-state index contributed by atoms with van der Waals surface area (Å²) in [5.74, 6) is 0.679. The summed E-state index contributed by atoms with van der Waals surface area (Å²) in [6.07, 6.45) is 6.06. The molecule has 2 unspecified atom stereocenters. The molecule has 2 atom stereocenters. The Morgan fingerprint density at radius 1 is 0.920 bits per heavy atom. The monoisotopic (exact) mass is 348 g/mol. The Labute approximate surface area is 151 Å². The smallest absolute Gasteiger partial charge is 0.242 e. The van der Waals surface area contributed by atoms with Crippen LogP contribution in [-0.4, -0.2) is 95.4 Å². The van der Waals surface area contributed by atoms with Crippen LogP contribution < -0.4 is 0 Å². The summed E-state index contributed by atoms with van der Waals surface area (Å²) in [6.45, 7) is 7.28. The maximum Gasteiger partial charge on any atom is 0.242 e. The lowest BCUT2D eigenvalue weighted by Crippen LogP contribution is -2.74. The van der Waals surface area contributed by atoms with Gasteiger partial charge in [-0.15, -0.1) is 0 Å². The van der Waals surface area contributed by atoms with Gasteiger partial charge in [0.05, 0.1) is 6.04 Å². The zero-order valence-corrected chi connectivity index (χ0v) is 15.7. The highest BCUT2D eigenvalue weighted by Gasteiger charge is 2.52. The molecule has 4 heterocycles. The van der Waals surface area contributed by atoms with Crippen LogP contribution in [0.1, 0.15) is 45.4 Å². The number of nitrogens with zero attached hydrogens (tertiary/aromatic N) is 4.